The van der Waals surface area contributed by atoms with Gasteiger partial charge in [-0.25, -0.2) is 0 Å². The maximum atomic E-state index is 12.5. The highest BCUT2D eigenvalue weighted by Gasteiger charge is 2.08. The van der Waals surface area contributed by atoms with Crippen molar-refractivity contribution in [3.8, 4) is 0 Å². The molecule has 4 aromatic rings. The quantitative estimate of drug-likeness (QED) is 0.390. The van der Waals surface area contributed by atoms with Gasteiger partial charge in [0.2, 0.25) is 0 Å². The Morgan fingerprint density at radius 2 is 1.50 bits per heavy atom. The number of aryl methyl sites for hydroxylation is 1. The molecule has 0 spiro atoms. The molecule has 0 amide bonds. The van der Waals surface area contributed by atoms with E-state index in [0.29, 0.717) is 11.1 Å². The highest BCUT2D eigenvalue weighted by molar-refractivity contribution is 6.09. The van der Waals surface area contributed by atoms with Gasteiger partial charge in [-0.2, -0.15) is 0 Å². The van der Waals surface area contributed by atoms with E-state index in [1.54, 1.807) is 0 Å². The number of aromatic amines is 1. The number of nitrogens with zero attached hydrogens (tertiary/aromatic N) is 1. The second-order valence-corrected chi connectivity index (χ2v) is 6.21. The average molecular weight is 338 g/mol. The van der Waals surface area contributed by atoms with Crippen LogP contribution < -0.4 is 0 Å². The third kappa shape index (κ3) is 3.07. The normalized spacial score (nSPS) is 11.3. The standard InChI is InChI=1S/C23H18N2O/c1-16-21(20-9-5-6-10-22(20)25-16)15-24-19-13-11-18(12-14-19)23(26)17-7-3-2-4-8-17/h2-15,25H,1H3. The maximum absolute atomic E-state index is 12.5. The summed E-state index contributed by atoms with van der Waals surface area (Å²) in [5, 5.41) is 1.16. The molecule has 0 unspecified atom stereocenters. The summed E-state index contributed by atoms with van der Waals surface area (Å²) in [5.41, 5.74) is 5.46. The molecule has 0 bridgehead atoms. The largest absolute Gasteiger partial charge is 0.358 e. The molecule has 3 heteroatoms. The van der Waals surface area contributed by atoms with Gasteiger partial charge in [0.25, 0.3) is 0 Å². The van der Waals surface area contributed by atoms with Crippen LogP contribution in [0.1, 0.15) is 27.2 Å². The molecule has 0 fully saturated rings. The van der Waals surface area contributed by atoms with Crippen molar-refractivity contribution in [1.29, 1.82) is 0 Å². The van der Waals surface area contributed by atoms with Gasteiger partial charge in [-0.1, -0.05) is 48.5 Å². The minimum Gasteiger partial charge on any atom is -0.358 e. The Morgan fingerprint density at radius 3 is 2.27 bits per heavy atom. The van der Waals surface area contributed by atoms with E-state index in [1.807, 2.05) is 79.9 Å². The van der Waals surface area contributed by atoms with Crippen molar-refractivity contribution in [1.82, 2.24) is 4.98 Å². The van der Waals surface area contributed by atoms with Crippen molar-refractivity contribution in [2.45, 2.75) is 6.92 Å². The number of hydrogen-bond acceptors (Lipinski definition) is 2. The zero-order valence-electron chi connectivity index (χ0n) is 14.4. The van der Waals surface area contributed by atoms with Crippen molar-refractivity contribution in [3.63, 3.8) is 0 Å². The van der Waals surface area contributed by atoms with Crippen LogP contribution in [0.15, 0.2) is 83.9 Å². The van der Waals surface area contributed by atoms with E-state index < -0.39 is 0 Å². The molecule has 0 aliphatic heterocycles. The molecule has 3 aromatic carbocycles. The maximum Gasteiger partial charge on any atom is 0.193 e. The first-order valence-corrected chi connectivity index (χ1v) is 8.53. The van der Waals surface area contributed by atoms with E-state index in [2.05, 4.69) is 22.1 Å². The van der Waals surface area contributed by atoms with Crippen LogP contribution in [0.25, 0.3) is 10.9 Å². The number of nitrogens with one attached hydrogen (secondary N) is 1. The molecule has 0 aliphatic carbocycles. The van der Waals surface area contributed by atoms with Gasteiger partial charge in [-0.3, -0.25) is 9.79 Å². The van der Waals surface area contributed by atoms with Crippen molar-refractivity contribution < 1.29 is 4.79 Å². The summed E-state index contributed by atoms with van der Waals surface area (Å²) >= 11 is 0. The van der Waals surface area contributed by atoms with Crippen LogP contribution in [0.5, 0.6) is 0 Å². The fourth-order valence-corrected chi connectivity index (χ4v) is 3.06. The monoisotopic (exact) mass is 338 g/mol. The summed E-state index contributed by atoms with van der Waals surface area (Å²) in [6.45, 7) is 2.04. The highest BCUT2D eigenvalue weighted by atomic mass is 16.1. The van der Waals surface area contributed by atoms with Crippen LogP contribution in [0.3, 0.4) is 0 Å². The SMILES string of the molecule is Cc1[nH]c2ccccc2c1C=Nc1ccc(C(=O)c2ccccc2)cc1. The summed E-state index contributed by atoms with van der Waals surface area (Å²) in [6, 6.07) is 24.9. The molecule has 0 saturated carbocycles. The van der Waals surface area contributed by atoms with Gasteiger partial charge in [0.1, 0.15) is 0 Å². The molecule has 1 heterocycles. The van der Waals surface area contributed by atoms with E-state index in [4.69, 9.17) is 0 Å². The molecule has 126 valence electrons. The number of ketones is 1. The van der Waals surface area contributed by atoms with E-state index in [0.717, 1.165) is 27.8 Å². The predicted molar refractivity (Wildman–Crippen MR) is 107 cm³/mol. The number of carbonyl (C=O) groups is 1. The lowest BCUT2D eigenvalue weighted by molar-refractivity contribution is 0.103. The van der Waals surface area contributed by atoms with Gasteiger partial charge in [0.05, 0.1) is 5.69 Å². The third-order valence-corrected chi connectivity index (χ3v) is 4.45. The summed E-state index contributed by atoms with van der Waals surface area (Å²) in [6.07, 6.45) is 1.88. The summed E-state index contributed by atoms with van der Waals surface area (Å²) in [5.74, 6) is 0.0219. The van der Waals surface area contributed by atoms with Crippen LogP contribution in [-0.4, -0.2) is 17.0 Å². The van der Waals surface area contributed by atoms with Crippen molar-refractivity contribution in [3.05, 3.63) is 101 Å². The van der Waals surface area contributed by atoms with E-state index in [1.165, 1.54) is 0 Å². The second kappa shape index (κ2) is 6.81. The summed E-state index contributed by atoms with van der Waals surface area (Å²) in [7, 11) is 0. The van der Waals surface area contributed by atoms with Crippen LogP contribution >= 0.6 is 0 Å². The van der Waals surface area contributed by atoms with E-state index >= 15 is 0 Å². The molecule has 1 N–H and O–H groups in total. The number of fused-ring (bicyclic) bond motifs is 1. The number of carbonyl (C=O) groups excluding carboxylic acids is 1. The number of aliphatic imine (C=N–C) groups is 1. The molecule has 0 aliphatic rings. The van der Waals surface area contributed by atoms with E-state index in [9.17, 15) is 4.79 Å². The molecular formula is C23H18N2O. The molecule has 0 radical (unpaired) electrons. The number of aromatic nitrogens is 1. The molecule has 1 aromatic heterocycles. The summed E-state index contributed by atoms with van der Waals surface area (Å²) in [4.78, 5) is 20.4. The first-order valence-electron chi connectivity index (χ1n) is 8.53. The van der Waals surface area contributed by atoms with Crippen molar-refractivity contribution in [2.24, 2.45) is 4.99 Å². The van der Waals surface area contributed by atoms with Gasteiger partial charge in [0.15, 0.2) is 5.78 Å². The highest BCUT2D eigenvalue weighted by Crippen LogP contribution is 2.22. The Morgan fingerprint density at radius 1 is 0.846 bits per heavy atom. The fraction of sp³-hybridized carbons (Fsp3) is 0.0435. The lowest BCUT2D eigenvalue weighted by Crippen LogP contribution is -2.00. The minimum atomic E-state index is 0.0219. The average Bonchev–Trinajstić information content (AvgIpc) is 3.02. The minimum absolute atomic E-state index is 0.0219. The number of H-pyrrole nitrogens is 1. The number of para-hydroxylation sites is 1. The topological polar surface area (TPSA) is 45.2 Å². The van der Waals surface area contributed by atoms with Crippen LogP contribution in [0.2, 0.25) is 0 Å². The molecule has 4 rings (SSSR count). The Bertz CT molecular complexity index is 1090. The lowest BCUT2D eigenvalue weighted by Gasteiger charge is -2.01. The molecule has 0 atom stereocenters. The Kier molecular flexibility index (Phi) is 4.20. The Labute approximate surface area is 152 Å². The molecule has 0 saturated heterocycles. The van der Waals surface area contributed by atoms with Gasteiger partial charge in [-0.05, 0) is 37.3 Å². The first-order chi connectivity index (χ1) is 12.7. The number of benzene rings is 3. The Hall–Kier alpha value is -3.46. The zero-order chi connectivity index (χ0) is 17.9. The van der Waals surface area contributed by atoms with Gasteiger partial charge in [0, 0.05) is 39.5 Å². The predicted octanol–water partition coefficient (Wildman–Crippen LogP) is 5.46. The fourth-order valence-electron chi connectivity index (χ4n) is 3.06. The van der Waals surface area contributed by atoms with Crippen molar-refractivity contribution in [2.75, 3.05) is 0 Å². The zero-order valence-corrected chi connectivity index (χ0v) is 14.4. The smallest absolute Gasteiger partial charge is 0.193 e. The van der Waals surface area contributed by atoms with Crippen molar-refractivity contribution >= 4 is 28.6 Å². The van der Waals surface area contributed by atoms with Gasteiger partial charge < -0.3 is 4.98 Å². The van der Waals surface area contributed by atoms with Crippen LogP contribution in [0, 0.1) is 6.92 Å². The lowest BCUT2D eigenvalue weighted by atomic mass is 10.0. The van der Waals surface area contributed by atoms with E-state index in [-0.39, 0.29) is 5.78 Å². The first kappa shape index (κ1) is 16.0. The molecular weight excluding hydrogens is 320 g/mol. The number of hydrogen-bond donors (Lipinski definition) is 1. The van der Waals surface area contributed by atoms with Crippen LogP contribution in [-0.2, 0) is 0 Å². The molecule has 3 nitrogen and oxygen atoms in total. The summed E-state index contributed by atoms with van der Waals surface area (Å²) < 4.78 is 0. The third-order valence-electron chi connectivity index (χ3n) is 4.45. The van der Waals surface area contributed by atoms with Gasteiger partial charge in [-0.15, -0.1) is 0 Å². The number of rotatable bonds is 4. The Balaban J connectivity index is 1.58. The van der Waals surface area contributed by atoms with Gasteiger partial charge >= 0.3 is 0 Å². The van der Waals surface area contributed by atoms with Crippen LogP contribution in [0.4, 0.5) is 5.69 Å². The molecule has 26 heavy (non-hydrogen) atoms. The second-order valence-electron chi connectivity index (χ2n) is 6.21.